The number of piperidine rings is 1. The Balaban J connectivity index is 1.30. The highest BCUT2D eigenvalue weighted by Crippen LogP contribution is 2.20. The Morgan fingerprint density at radius 3 is 2.48 bits per heavy atom. The highest BCUT2D eigenvalue weighted by Gasteiger charge is 2.20. The second kappa shape index (κ2) is 10.3. The number of nitrogens with zero attached hydrogens (tertiary/aromatic N) is 3. The molecule has 5 heteroatoms. The summed E-state index contributed by atoms with van der Waals surface area (Å²) < 4.78 is 0. The Labute approximate surface area is 185 Å². The fourth-order valence-electron chi connectivity index (χ4n) is 4.38. The first-order valence-corrected chi connectivity index (χ1v) is 11.3. The molecule has 0 aromatic heterocycles. The van der Waals surface area contributed by atoms with E-state index in [1.165, 1.54) is 22.3 Å². The minimum Gasteiger partial charge on any atom is -0.352 e. The van der Waals surface area contributed by atoms with Crippen molar-refractivity contribution in [3.8, 4) is 0 Å². The minimum atomic E-state index is 0.273. The largest absolute Gasteiger partial charge is 0.352 e. The van der Waals surface area contributed by atoms with Gasteiger partial charge in [-0.05, 0) is 36.0 Å². The molecule has 2 aromatic carbocycles. The SMILES string of the molecule is CN=C(NCc1cccc(CN2CCCC2=O)c1)N1CCC(=Cc2ccccc2)CC1. The normalized spacial score (nSPS) is 17.3. The van der Waals surface area contributed by atoms with Crippen LogP contribution in [-0.4, -0.2) is 48.3 Å². The lowest BCUT2D eigenvalue weighted by Crippen LogP contribution is -2.44. The van der Waals surface area contributed by atoms with Crippen LogP contribution in [0.15, 0.2) is 65.2 Å². The monoisotopic (exact) mass is 416 g/mol. The summed E-state index contributed by atoms with van der Waals surface area (Å²) >= 11 is 0. The zero-order chi connectivity index (χ0) is 21.5. The van der Waals surface area contributed by atoms with Crippen molar-refractivity contribution in [1.29, 1.82) is 0 Å². The van der Waals surface area contributed by atoms with Crippen molar-refractivity contribution in [2.45, 2.75) is 38.8 Å². The third-order valence-electron chi connectivity index (χ3n) is 6.07. The average Bonchev–Trinajstić information content (AvgIpc) is 3.20. The first-order valence-electron chi connectivity index (χ1n) is 11.3. The number of guanidine groups is 1. The zero-order valence-corrected chi connectivity index (χ0v) is 18.4. The molecular weight excluding hydrogens is 384 g/mol. The third-order valence-corrected chi connectivity index (χ3v) is 6.07. The van der Waals surface area contributed by atoms with Crippen LogP contribution in [0, 0.1) is 0 Å². The number of aliphatic imine (C=N–C) groups is 1. The second-order valence-corrected chi connectivity index (χ2v) is 8.34. The lowest BCUT2D eigenvalue weighted by atomic mass is 10.0. The molecule has 5 nitrogen and oxygen atoms in total. The van der Waals surface area contributed by atoms with Gasteiger partial charge in [-0.1, -0.05) is 66.2 Å². The lowest BCUT2D eigenvalue weighted by molar-refractivity contribution is -0.128. The van der Waals surface area contributed by atoms with Crippen LogP contribution in [0.5, 0.6) is 0 Å². The number of nitrogens with one attached hydrogen (secondary N) is 1. The van der Waals surface area contributed by atoms with Gasteiger partial charge in [0.25, 0.3) is 0 Å². The number of rotatable bonds is 5. The van der Waals surface area contributed by atoms with E-state index in [1.54, 1.807) is 0 Å². The molecule has 0 atom stereocenters. The first kappa shape index (κ1) is 21.2. The number of amides is 1. The summed E-state index contributed by atoms with van der Waals surface area (Å²) in [4.78, 5) is 20.7. The predicted octanol–water partition coefficient (Wildman–Crippen LogP) is 4.06. The highest BCUT2D eigenvalue weighted by atomic mass is 16.2. The summed E-state index contributed by atoms with van der Waals surface area (Å²) in [6.45, 7) is 4.29. The number of hydrogen-bond donors (Lipinski definition) is 1. The molecule has 2 saturated heterocycles. The molecule has 31 heavy (non-hydrogen) atoms. The molecule has 1 N–H and O–H groups in total. The smallest absolute Gasteiger partial charge is 0.222 e. The minimum absolute atomic E-state index is 0.273. The molecule has 2 aromatic rings. The topological polar surface area (TPSA) is 47.9 Å². The number of hydrogen-bond acceptors (Lipinski definition) is 2. The number of benzene rings is 2. The molecule has 2 heterocycles. The molecule has 1 amide bonds. The second-order valence-electron chi connectivity index (χ2n) is 8.34. The summed E-state index contributed by atoms with van der Waals surface area (Å²) in [5, 5.41) is 3.53. The molecule has 0 bridgehead atoms. The summed E-state index contributed by atoms with van der Waals surface area (Å²) in [6.07, 6.45) is 6.12. The van der Waals surface area contributed by atoms with Crippen molar-refractivity contribution in [3.63, 3.8) is 0 Å². The quantitative estimate of drug-likeness (QED) is 0.591. The summed E-state index contributed by atoms with van der Waals surface area (Å²) in [7, 11) is 1.85. The first-order chi connectivity index (χ1) is 15.2. The van der Waals surface area contributed by atoms with Crippen LogP contribution in [0.2, 0.25) is 0 Å². The number of carbonyl (C=O) groups is 1. The Hall–Kier alpha value is -3.08. The Morgan fingerprint density at radius 1 is 1.00 bits per heavy atom. The van der Waals surface area contributed by atoms with E-state index in [1.807, 2.05) is 11.9 Å². The fourth-order valence-corrected chi connectivity index (χ4v) is 4.38. The molecule has 4 rings (SSSR count). The van der Waals surface area contributed by atoms with Crippen LogP contribution >= 0.6 is 0 Å². The van der Waals surface area contributed by atoms with Gasteiger partial charge in [0.2, 0.25) is 5.91 Å². The maximum absolute atomic E-state index is 11.9. The standard InChI is InChI=1S/C26H32N4O/c1-27-26(29-15-12-22(13-16-29)17-21-7-3-2-4-8-21)28-19-23-9-5-10-24(18-23)20-30-14-6-11-25(30)31/h2-5,7-10,17-18H,6,11-16,19-20H2,1H3,(H,27,28). The van der Waals surface area contributed by atoms with Gasteiger partial charge in [0, 0.05) is 46.2 Å². The molecule has 2 aliphatic heterocycles. The van der Waals surface area contributed by atoms with E-state index in [-0.39, 0.29) is 5.91 Å². The maximum Gasteiger partial charge on any atom is 0.222 e. The van der Waals surface area contributed by atoms with Crippen LogP contribution < -0.4 is 5.32 Å². The maximum atomic E-state index is 11.9. The Bertz CT molecular complexity index is 941. The van der Waals surface area contributed by atoms with Gasteiger partial charge < -0.3 is 15.1 Å². The summed E-state index contributed by atoms with van der Waals surface area (Å²) in [5.74, 6) is 1.23. The Morgan fingerprint density at radius 2 is 1.77 bits per heavy atom. The molecule has 0 saturated carbocycles. The number of carbonyl (C=O) groups excluding carboxylic acids is 1. The fraction of sp³-hybridized carbons (Fsp3) is 0.385. The van der Waals surface area contributed by atoms with Crippen molar-refractivity contribution in [2.24, 2.45) is 4.99 Å². The highest BCUT2D eigenvalue weighted by molar-refractivity contribution is 5.80. The van der Waals surface area contributed by atoms with E-state index in [0.717, 1.165) is 51.4 Å². The van der Waals surface area contributed by atoms with E-state index < -0.39 is 0 Å². The van der Waals surface area contributed by atoms with Gasteiger partial charge in [-0.3, -0.25) is 9.79 Å². The van der Waals surface area contributed by atoms with E-state index in [2.05, 4.69) is 75.9 Å². The molecule has 2 fully saturated rings. The Kier molecular flexibility index (Phi) is 7.03. The molecular formula is C26H32N4O. The number of likely N-dealkylation sites (tertiary alicyclic amines) is 2. The van der Waals surface area contributed by atoms with Gasteiger partial charge in [-0.25, -0.2) is 0 Å². The third kappa shape index (κ3) is 5.75. The van der Waals surface area contributed by atoms with Gasteiger partial charge >= 0.3 is 0 Å². The van der Waals surface area contributed by atoms with Crippen molar-refractivity contribution in [1.82, 2.24) is 15.1 Å². The van der Waals surface area contributed by atoms with Crippen molar-refractivity contribution >= 4 is 17.9 Å². The van der Waals surface area contributed by atoms with Gasteiger partial charge in [-0.2, -0.15) is 0 Å². The van der Waals surface area contributed by atoms with Crippen LogP contribution in [0.3, 0.4) is 0 Å². The van der Waals surface area contributed by atoms with Gasteiger partial charge in [0.1, 0.15) is 0 Å². The van der Waals surface area contributed by atoms with Crippen molar-refractivity contribution < 1.29 is 4.79 Å². The average molecular weight is 417 g/mol. The summed E-state index contributed by atoms with van der Waals surface area (Å²) in [6, 6.07) is 19.1. The van der Waals surface area contributed by atoms with E-state index in [4.69, 9.17) is 0 Å². The van der Waals surface area contributed by atoms with Crippen LogP contribution in [0.25, 0.3) is 6.08 Å². The van der Waals surface area contributed by atoms with E-state index >= 15 is 0 Å². The molecule has 0 spiro atoms. The summed E-state index contributed by atoms with van der Waals surface area (Å²) in [5.41, 5.74) is 5.19. The van der Waals surface area contributed by atoms with Gasteiger partial charge in [0.05, 0.1) is 0 Å². The van der Waals surface area contributed by atoms with Crippen LogP contribution in [0.4, 0.5) is 0 Å². The molecule has 0 radical (unpaired) electrons. The molecule has 0 unspecified atom stereocenters. The van der Waals surface area contributed by atoms with Crippen molar-refractivity contribution in [3.05, 3.63) is 76.9 Å². The lowest BCUT2D eigenvalue weighted by Gasteiger charge is -2.31. The predicted molar refractivity (Wildman–Crippen MR) is 127 cm³/mol. The van der Waals surface area contributed by atoms with E-state index in [9.17, 15) is 4.79 Å². The molecule has 2 aliphatic rings. The van der Waals surface area contributed by atoms with E-state index in [0.29, 0.717) is 13.0 Å². The van der Waals surface area contributed by atoms with Crippen molar-refractivity contribution in [2.75, 3.05) is 26.7 Å². The molecule has 162 valence electrons. The van der Waals surface area contributed by atoms with Gasteiger partial charge in [-0.15, -0.1) is 0 Å². The van der Waals surface area contributed by atoms with Crippen LogP contribution in [-0.2, 0) is 17.9 Å². The van der Waals surface area contributed by atoms with Gasteiger partial charge in [0.15, 0.2) is 5.96 Å². The molecule has 0 aliphatic carbocycles. The zero-order valence-electron chi connectivity index (χ0n) is 18.4. The van der Waals surface area contributed by atoms with Crippen LogP contribution in [0.1, 0.15) is 42.4 Å².